The van der Waals surface area contributed by atoms with E-state index in [1.54, 1.807) is 23.1 Å². The molecule has 0 radical (unpaired) electrons. The molecule has 1 spiro atoms. The molecule has 10 nitrogen and oxygen atoms in total. The molecule has 3 amide bonds. The van der Waals surface area contributed by atoms with Gasteiger partial charge in [-0.15, -0.1) is 0 Å². The number of anilines is 2. The van der Waals surface area contributed by atoms with Crippen LogP contribution in [-0.4, -0.2) is 91.1 Å². The second-order valence-electron chi connectivity index (χ2n) is 17.7. The third-order valence-corrected chi connectivity index (χ3v) is 14.1. The zero-order valence-electron chi connectivity index (χ0n) is 33.0. The van der Waals surface area contributed by atoms with Gasteiger partial charge in [0.05, 0.1) is 6.61 Å². The van der Waals surface area contributed by atoms with E-state index in [4.69, 9.17) is 4.74 Å². The molecule has 6 heterocycles. The van der Waals surface area contributed by atoms with Crippen LogP contribution in [0.1, 0.15) is 83.0 Å². The van der Waals surface area contributed by atoms with E-state index in [-0.39, 0.29) is 48.0 Å². The summed E-state index contributed by atoms with van der Waals surface area (Å²) in [6.07, 6.45) is 5.25. The van der Waals surface area contributed by atoms with E-state index in [9.17, 15) is 19.5 Å². The third-order valence-electron chi connectivity index (χ3n) is 14.1. The number of nitrogens with one attached hydrogen (secondary N) is 1. The maximum Gasteiger partial charge on any atom is 0.255 e. The van der Waals surface area contributed by atoms with Crippen LogP contribution in [0.4, 0.5) is 20.2 Å². The van der Waals surface area contributed by atoms with Crippen molar-refractivity contribution in [2.45, 2.75) is 62.9 Å². The van der Waals surface area contributed by atoms with Gasteiger partial charge in [0.25, 0.3) is 5.91 Å². The smallest absolute Gasteiger partial charge is 0.255 e. The zero-order valence-corrected chi connectivity index (χ0v) is 33.0. The molecule has 0 saturated carbocycles. The van der Waals surface area contributed by atoms with Crippen molar-refractivity contribution in [1.29, 1.82) is 0 Å². The number of piperidine rings is 3. The summed E-state index contributed by atoms with van der Waals surface area (Å²) in [7, 11) is 0. The molecule has 2 N–H and O–H groups in total. The summed E-state index contributed by atoms with van der Waals surface area (Å²) < 4.78 is 36.2. The van der Waals surface area contributed by atoms with Crippen molar-refractivity contribution < 1.29 is 33.0 Å². The Morgan fingerprint density at radius 2 is 1.54 bits per heavy atom. The van der Waals surface area contributed by atoms with Crippen molar-refractivity contribution in [2.24, 2.45) is 11.3 Å². The van der Waals surface area contributed by atoms with E-state index in [2.05, 4.69) is 50.3 Å². The lowest BCUT2D eigenvalue weighted by Gasteiger charge is -2.55. The van der Waals surface area contributed by atoms with Gasteiger partial charge in [-0.05, 0) is 111 Å². The number of likely N-dealkylation sites (tertiary alicyclic amines) is 1. The van der Waals surface area contributed by atoms with E-state index >= 15 is 8.78 Å². The van der Waals surface area contributed by atoms with Gasteiger partial charge in [0.1, 0.15) is 29.2 Å². The molecular weight excluding hydrogens is 753 g/mol. The predicted octanol–water partition coefficient (Wildman–Crippen LogP) is 6.56. The fourth-order valence-corrected chi connectivity index (χ4v) is 10.8. The number of aromatic hydroxyl groups is 1. The molecule has 306 valence electrons. The van der Waals surface area contributed by atoms with Crippen LogP contribution in [0.25, 0.3) is 0 Å². The fourth-order valence-electron chi connectivity index (χ4n) is 10.8. The summed E-state index contributed by atoms with van der Waals surface area (Å²) in [4.78, 5) is 46.4. The maximum atomic E-state index is 15.1. The first-order chi connectivity index (χ1) is 28.6. The lowest BCUT2D eigenvalue weighted by atomic mass is 9.71. The lowest BCUT2D eigenvalue weighted by Crippen LogP contribution is -2.60. The highest BCUT2D eigenvalue weighted by molar-refractivity contribution is 6.05. The minimum Gasteiger partial charge on any atom is -0.508 e. The average Bonchev–Trinajstić information content (AvgIpc) is 3.55. The van der Waals surface area contributed by atoms with Crippen LogP contribution in [0.5, 0.6) is 11.5 Å². The molecule has 4 fully saturated rings. The molecule has 0 aliphatic carbocycles. The lowest BCUT2D eigenvalue weighted by molar-refractivity contribution is -0.136. The first kappa shape index (κ1) is 37.8. The maximum absolute atomic E-state index is 15.1. The Morgan fingerprint density at radius 3 is 2.27 bits per heavy atom. The largest absolute Gasteiger partial charge is 0.508 e. The quantitative estimate of drug-likeness (QED) is 0.203. The SMILES string of the molecule is O=C1CCC(N2Cc3cc(N4CC5(CCN(CC6CCN(c7ccc([C@H]8c9ccc(O)cc9OC[C@H]8c8c(F)cccc8F)cc7)CC6)CC5)C4)ccc3C2=O)C(=O)N1. The van der Waals surface area contributed by atoms with Gasteiger partial charge in [-0.2, -0.15) is 0 Å². The van der Waals surface area contributed by atoms with Crippen molar-refractivity contribution in [2.75, 3.05) is 62.2 Å². The molecule has 1 unspecified atom stereocenters. The molecule has 12 heteroatoms. The Morgan fingerprint density at radius 1 is 0.814 bits per heavy atom. The van der Waals surface area contributed by atoms with Crippen LogP contribution in [0.15, 0.2) is 78.9 Å². The fraction of sp³-hybridized carbons (Fsp3) is 0.426. The number of phenolic OH excluding ortho intramolecular Hbond substituents is 1. The number of imide groups is 1. The highest BCUT2D eigenvalue weighted by atomic mass is 19.1. The van der Waals surface area contributed by atoms with Crippen molar-refractivity contribution in [1.82, 2.24) is 15.1 Å². The molecular formula is C47H49F2N5O5. The summed E-state index contributed by atoms with van der Waals surface area (Å²) in [5.74, 6) is -1.60. The number of ether oxygens (including phenoxy) is 1. The molecule has 59 heavy (non-hydrogen) atoms. The number of carbonyl (C=O) groups excluding carboxylic acids is 3. The van der Waals surface area contributed by atoms with Crippen LogP contribution in [0.3, 0.4) is 0 Å². The van der Waals surface area contributed by atoms with Gasteiger partial charge < -0.3 is 29.4 Å². The summed E-state index contributed by atoms with van der Waals surface area (Å²) in [5, 5.41) is 12.5. The normalized spacial score (nSPS) is 24.4. The summed E-state index contributed by atoms with van der Waals surface area (Å²) in [5.41, 5.74) is 5.99. The van der Waals surface area contributed by atoms with E-state index < -0.39 is 23.6 Å². The first-order valence-corrected chi connectivity index (χ1v) is 21.1. The highest BCUT2D eigenvalue weighted by Gasteiger charge is 2.46. The number of rotatable bonds is 7. The number of amides is 3. The van der Waals surface area contributed by atoms with E-state index in [1.807, 2.05) is 12.1 Å². The van der Waals surface area contributed by atoms with Crippen LogP contribution in [-0.2, 0) is 16.1 Å². The van der Waals surface area contributed by atoms with E-state index in [0.717, 1.165) is 86.7 Å². The summed E-state index contributed by atoms with van der Waals surface area (Å²) >= 11 is 0. The molecule has 6 aliphatic rings. The molecule has 10 rings (SSSR count). The van der Waals surface area contributed by atoms with E-state index in [1.165, 1.54) is 31.0 Å². The van der Waals surface area contributed by atoms with Gasteiger partial charge in [0.15, 0.2) is 0 Å². The van der Waals surface area contributed by atoms with Crippen molar-refractivity contribution >= 4 is 29.1 Å². The third kappa shape index (κ3) is 6.98. The van der Waals surface area contributed by atoms with Gasteiger partial charge >= 0.3 is 0 Å². The number of halogens is 2. The van der Waals surface area contributed by atoms with Gasteiger partial charge in [-0.3, -0.25) is 19.7 Å². The molecule has 4 saturated heterocycles. The Balaban J connectivity index is 0.716. The highest BCUT2D eigenvalue weighted by Crippen LogP contribution is 2.49. The monoisotopic (exact) mass is 801 g/mol. The van der Waals surface area contributed by atoms with E-state index in [0.29, 0.717) is 35.6 Å². The van der Waals surface area contributed by atoms with Gasteiger partial charge in [0.2, 0.25) is 11.8 Å². The van der Waals surface area contributed by atoms with Crippen LogP contribution in [0.2, 0.25) is 0 Å². The van der Waals surface area contributed by atoms with Crippen molar-refractivity contribution in [3.05, 3.63) is 118 Å². The Hall–Kier alpha value is -5.49. The van der Waals surface area contributed by atoms with Gasteiger partial charge in [-0.1, -0.05) is 24.3 Å². The minimum absolute atomic E-state index is 0.0262. The minimum atomic E-state index is -0.599. The number of phenols is 1. The molecule has 4 aromatic rings. The molecule has 0 bridgehead atoms. The standard InChI is InChI=1S/C47H49F2N5O5/c48-38-2-1-3-39(49)44(38)37-26-59-41-23-34(55)9-11-36(41)43(37)30-4-6-32(7-5-30)52-18-14-29(15-19-52)24-51-20-16-47(17-21-51)27-53(28-47)33-8-10-35-31(22-33)25-54(46(35)58)40-12-13-42(56)50-45(40)57/h1-11,22-23,29,37,40,43,55H,12-21,24-28H2,(H,50,56,57)/t37-,40?,43+/m1/s1. The number of carbonyl (C=O) groups is 3. The second kappa shape index (κ2) is 15.0. The molecule has 4 aromatic carbocycles. The van der Waals surface area contributed by atoms with Crippen molar-refractivity contribution in [3.8, 4) is 11.5 Å². The second-order valence-corrected chi connectivity index (χ2v) is 17.7. The Labute approximate surface area is 342 Å². The summed E-state index contributed by atoms with van der Waals surface area (Å²) in [6.45, 7) is 7.86. The number of nitrogens with zero attached hydrogens (tertiary/aromatic N) is 4. The zero-order chi connectivity index (χ0) is 40.4. The number of hydrogen-bond acceptors (Lipinski definition) is 8. The molecule has 0 aromatic heterocycles. The number of hydrogen-bond donors (Lipinski definition) is 2. The Bertz CT molecular complexity index is 2280. The Kier molecular flexibility index (Phi) is 9.57. The van der Waals surface area contributed by atoms with Crippen LogP contribution in [0, 0.1) is 23.0 Å². The van der Waals surface area contributed by atoms with Gasteiger partial charge in [-0.25, -0.2) is 8.78 Å². The summed E-state index contributed by atoms with van der Waals surface area (Å²) in [6, 6.07) is 22.8. The number of benzene rings is 4. The topological polar surface area (TPSA) is 106 Å². The number of fused-ring (bicyclic) bond motifs is 2. The van der Waals surface area contributed by atoms with Crippen LogP contribution < -0.4 is 19.9 Å². The van der Waals surface area contributed by atoms with Crippen molar-refractivity contribution in [3.63, 3.8) is 0 Å². The van der Waals surface area contributed by atoms with Gasteiger partial charge in [0, 0.05) is 97.1 Å². The van der Waals surface area contributed by atoms with Crippen LogP contribution >= 0.6 is 0 Å². The molecule has 6 aliphatic heterocycles. The first-order valence-electron chi connectivity index (χ1n) is 21.1. The molecule has 3 atom stereocenters. The average molecular weight is 802 g/mol. The predicted molar refractivity (Wildman–Crippen MR) is 219 cm³/mol.